The molecule has 0 aliphatic heterocycles. The van der Waals surface area contributed by atoms with Crippen LogP contribution < -0.4 is 0 Å². The Hall–Kier alpha value is -0.430. The van der Waals surface area contributed by atoms with Crippen LogP contribution >= 0.6 is 38.5 Å². The Kier molecular flexibility index (Phi) is 2.84. The Morgan fingerprint density at radius 1 is 1.30 bits per heavy atom. The molecule has 2 saturated carbocycles. The lowest BCUT2D eigenvalue weighted by Crippen LogP contribution is -2.49. The summed E-state index contributed by atoms with van der Waals surface area (Å²) in [6.07, 6.45) is 5.18. The average molecular weight is 444 g/mol. The molecule has 0 atom stereocenters. The first-order valence-electron chi connectivity index (χ1n) is 6.89. The van der Waals surface area contributed by atoms with Gasteiger partial charge in [-0.05, 0) is 78.3 Å². The summed E-state index contributed by atoms with van der Waals surface area (Å²) in [4.78, 5) is 0. The number of hydrogen-bond acceptors (Lipinski definition) is 2. The number of hydrogen-bond donors (Lipinski definition) is 0. The van der Waals surface area contributed by atoms with E-state index >= 15 is 0 Å². The Morgan fingerprint density at radius 3 is 2.60 bits per heavy atom. The van der Waals surface area contributed by atoms with Gasteiger partial charge in [0.2, 0.25) is 0 Å². The van der Waals surface area contributed by atoms with E-state index in [4.69, 9.17) is 0 Å². The zero-order chi connectivity index (χ0) is 14.0. The van der Waals surface area contributed by atoms with Crippen LogP contribution in [0.1, 0.15) is 36.9 Å². The van der Waals surface area contributed by atoms with Gasteiger partial charge in [0, 0.05) is 4.47 Å². The van der Waals surface area contributed by atoms with Crippen LogP contribution in [0.3, 0.4) is 0 Å². The summed E-state index contributed by atoms with van der Waals surface area (Å²) in [6, 6.07) is 8.67. The lowest BCUT2D eigenvalue weighted by Gasteiger charge is -2.49. The highest BCUT2D eigenvalue weighted by molar-refractivity contribution is 14.1. The fourth-order valence-corrected chi connectivity index (χ4v) is 4.42. The van der Waals surface area contributed by atoms with E-state index in [2.05, 4.69) is 84.7 Å². The monoisotopic (exact) mass is 443 g/mol. The van der Waals surface area contributed by atoms with Crippen LogP contribution in [0.4, 0.5) is 0 Å². The fraction of sp³-hybridized carbons (Fsp3) is 0.467. The van der Waals surface area contributed by atoms with Gasteiger partial charge in [0.15, 0.2) is 0 Å². The van der Waals surface area contributed by atoms with Gasteiger partial charge in [-0.3, -0.25) is 0 Å². The lowest BCUT2D eigenvalue weighted by molar-refractivity contribution is 0.0708. The molecule has 0 N–H and O–H groups in total. The molecule has 104 valence electrons. The van der Waals surface area contributed by atoms with Gasteiger partial charge in [-0.2, -0.15) is 0 Å². The number of halogens is 2. The summed E-state index contributed by atoms with van der Waals surface area (Å²) in [7, 11) is 0. The molecule has 2 aliphatic rings. The van der Waals surface area contributed by atoms with Gasteiger partial charge in [0.05, 0.1) is 11.2 Å². The first kappa shape index (κ1) is 13.2. The molecule has 0 radical (unpaired) electrons. The molecule has 1 spiro atoms. The molecule has 1 aromatic heterocycles. The van der Waals surface area contributed by atoms with Crippen molar-refractivity contribution in [3.63, 3.8) is 0 Å². The second kappa shape index (κ2) is 4.29. The van der Waals surface area contributed by atoms with E-state index in [1.807, 2.05) is 0 Å². The smallest absolute Gasteiger partial charge is 0.146 e. The van der Waals surface area contributed by atoms with Crippen molar-refractivity contribution < 1.29 is 0 Å². The standard InChI is InChI=1S/C15H15BrIN3/c1-10-13(17)18-19-20(10)15(8-14(9-15)5-6-14)11-3-2-4-12(16)7-11/h2-4,7H,5-6,8-9H2,1H3. The first-order valence-corrected chi connectivity index (χ1v) is 8.76. The molecule has 0 amide bonds. The second-order valence-electron chi connectivity index (χ2n) is 6.27. The Bertz CT molecular complexity index is 682. The van der Waals surface area contributed by atoms with Crippen LogP contribution in [-0.2, 0) is 5.54 Å². The molecule has 2 fully saturated rings. The molecular formula is C15H15BrIN3. The van der Waals surface area contributed by atoms with Gasteiger partial charge in [0.25, 0.3) is 0 Å². The van der Waals surface area contributed by atoms with Crippen molar-refractivity contribution in [2.45, 2.75) is 38.1 Å². The minimum Gasteiger partial charge on any atom is -0.238 e. The molecule has 3 nitrogen and oxygen atoms in total. The Morgan fingerprint density at radius 2 is 2.05 bits per heavy atom. The fourth-order valence-electron chi connectivity index (χ4n) is 3.69. The molecule has 20 heavy (non-hydrogen) atoms. The zero-order valence-electron chi connectivity index (χ0n) is 11.2. The highest BCUT2D eigenvalue weighted by atomic mass is 127. The summed E-state index contributed by atoms with van der Waals surface area (Å²) in [6.45, 7) is 2.12. The number of aromatic nitrogens is 3. The quantitative estimate of drug-likeness (QED) is 0.649. The molecule has 1 aromatic carbocycles. The minimum absolute atomic E-state index is 0.0147. The van der Waals surface area contributed by atoms with Crippen LogP contribution in [0, 0.1) is 16.0 Å². The minimum atomic E-state index is 0.0147. The normalized spacial score (nSPS) is 21.8. The maximum absolute atomic E-state index is 4.45. The molecule has 4 rings (SSSR count). The van der Waals surface area contributed by atoms with Crippen molar-refractivity contribution in [2.75, 3.05) is 0 Å². The van der Waals surface area contributed by atoms with E-state index in [-0.39, 0.29) is 5.54 Å². The van der Waals surface area contributed by atoms with Crippen molar-refractivity contribution in [3.8, 4) is 0 Å². The lowest BCUT2D eigenvalue weighted by atomic mass is 9.62. The second-order valence-corrected chi connectivity index (χ2v) is 8.21. The van der Waals surface area contributed by atoms with E-state index < -0.39 is 0 Å². The third-order valence-corrected chi connectivity index (χ3v) is 6.39. The van der Waals surface area contributed by atoms with Crippen LogP contribution in [0.2, 0.25) is 0 Å². The predicted octanol–water partition coefficient (Wildman–Crippen LogP) is 4.27. The van der Waals surface area contributed by atoms with Crippen molar-refractivity contribution in [1.29, 1.82) is 0 Å². The van der Waals surface area contributed by atoms with Gasteiger partial charge in [-0.15, -0.1) is 5.10 Å². The van der Waals surface area contributed by atoms with Gasteiger partial charge in [-0.1, -0.05) is 33.3 Å². The van der Waals surface area contributed by atoms with Crippen molar-refractivity contribution >= 4 is 38.5 Å². The molecule has 2 aliphatic carbocycles. The molecule has 2 aromatic rings. The maximum atomic E-state index is 4.45. The number of nitrogens with zero attached hydrogens (tertiary/aromatic N) is 3. The maximum Gasteiger partial charge on any atom is 0.146 e. The van der Waals surface area contributed by atoms with E-state index in [0.717, 1.165) is 8.17 Å². The topological polar surface area (TPSA) is 30.7 Å². The average Bonchev–Trinajstić information content (AvgIpc) is 3.10. The molecule has 0 unspecified atom stereocenters. The largest absolute Gasteiger partial charge is 0.238 e. The number of benzene rings is 1. The molecule has 5 heteroatoms. The third-order valence-electron chi connectivity index (χ3n) is 4.90. The van der Waals surface area contributed by atoms with Gasteiger partial charge < -0.3 is 0 Å². The van der Waals surface area contributed by atoms with Crippen LogP contribution in [0.15, 0.2) is 28.7 Å². The summed E-state index contributed by atoms with van der Waals surface area (Å²) < 4.78 is 4.31. The molecule has 0 bridgehead atoms. The number of rotatable bonds is 2. The summed E-state index contributed by atoms with van der Waals surface area (Å²) in [5.74, 6) is 0. The molecule has 1 heterocycles. The zero-order valence-corrected chi connectivity index (χ0v) is 15.0. The van der Waals surface area contributed by atoms with Gasteiger partial charge >= 0.3 is 0 Å². The van der Waals surface area contributed by atoms with Crippen molar-refractivity contribution in [1.82, 2.24) is 15.0 Å². The third kappa shape index (κ3) is 1.81. The predicted molar refractivity (Wildman–Crippen MR) is 89.6 cm³/mol. The van der Waals surface area contributed by atoms with Crippen LogP contribution in [0.25, 0.3) is 0 Å². The van der Waals surface area contributed by atoms with Gasteiger partial charge in [0.1, 0.15) is 3.70 Å². The Labute approximate surface area is 140 Å². The SMILES string of the molecule is Cc1c(I)nnn1C1(c2cccc(Br)c2)CC2(CC2)C1. The van der Waals surface area contributed by atoms with Crippen molar-refractivity contribution in [3.05, 3.63) is 43.7 Å². The summed E-state index contributed by atoms with van der Waals surface area (Å²) in [5, 5.41) is 8.72. The highest BCUT2D eigenvalue weighted by Crippen LogP contribution is 2.69. The highest BCUT2D eigenvalue weighted by Gasteiger charge is 2.63. The van der Waals surface area contributed by atoms with E-state index in [1.165, 1.54) is 36.9 Å². The van der Waals surface area contributed by atoms with Crippen molar-refractivity contribution in [2.24, 2.45) is 5.41 Å². The van der Waals surface area contributed by atoms with E-state index in [9.17, 15) is 0 Å². The van der Waals surface area contributed by atoms with E-state index in [1.54, 1.807) is 0 Å². The molecular weight excluding hydrogens is 429 g/mol. The Balaban J connectivity index is 1.85. The van der Waals surface area contributed by atoms with Crippen LogP contribution in [-0.4, -0.2) is 15.0 Å². The van der Waals surface area contributed by atoms with E-state index in [0.29, 0.717) is 5.41 Å². The summed E-state index contributed by atoms with van der Waals surface area (Å²) >= 11 is 5.87. The molecule has 0 saturated heterocycles. The first-order chi connectivity index (χ1) is 9.55. The van der Waals surface area contributed by atoms with Gasteiger partial charge in [-0.25, -0.2) is 4.68 Å². The van der Waals surface area contributed by atoms with Crippen LogP contribution in [0.5, 0.6) is 0 Å². The summed E-state index contributed by atoms with van der Waals surface area (Å²) in [5.41, 5.74) is 3.15.